The number of amides is 2. The molecule has 0 aromatic heterocycles. The molecule has 0 unspecified atom stereocenters. The fourth-order valence-corrected chi connectivity index (χ4v) is 3.11. The van der Waals surface area contributed by atoms with Crippen LogP contribution < -0.4 is 15.5 Å². The topological polar surface area (TPSA) is 70.7 Å². The Bertz CT molecular complexity index is 766. The standard InChI is InChI=1S/C21H25N3O3/c1-2-27-20(25)16-6-8-17(9-7-16)22-21(26)23-18-10-12-19(13-11-18)24-14-4-3-5-15-24/h6-13H,2-5,14-15H2,1H3,(H2,22,23,26). The van der Waals surface area contributed by atoms with Crippen molar-refractivity contribution < 1.29 is 14.3 Å². The van der Waals surface area contributed by atoms with E-state index in [0.29, 0.717) is 17.9 Å². The van der Waals surface area contributed by atoms with Crippen molar-refractivity contribution in [2.75, 3.05) is 35.2 Å². The van der Waals surface area contributed by atoms with E-state index in [1.54, 1.807) is 31.2 Å². The third-order valence-electron chi connectivity index (χ3n) is 4.50. The molecule has 1 aliphatic heterocycles. The van der Waals surface area contributed by atoms with Crippen molar-refractivity contribution >= 4 is 29.1 Å². The summed E-state index contributed by atoms with van der Waals surface area (Å²) >= 11 is 0. The summed E-state index contributed by atoms with van der Waals surface area (Å²) in [7, 11) is 0. The number of ether oxygens (including phenoxy) is 1. The van der Waals surface area contributed by atoms with E-state index >= 15 is 0 Å². The summed E-state index contributed by atoms with van der Waals surface area (Å²) in [4.78, 5) is 26.2. The molecule has 6 heteroatoms. The molecule has 1 heterocycles. The van der Waals surface area contributed by atoms with E-state index < -0.39 is 0 Å². The summed E-state index contributed by atoms with van der Waals surface area (Å²) < 4.78 is 4.94. The second kappa shape index (κ2) is 9.07. The van der Waals surface area contributed by atoms with Gasteiger partial charge in [0.15, 0.2) is 0 Å². The average molecular weight is 367 g/mol. The Kier molecular flexibility index (Phi) is 6.30. The highest BCUT2D eigenvalue weighted by molar-refractivity contribution is 6.00. The van der Waals surface area contributed by atoms with Crippen LogP contribution >= 0.6 is 0 Å². The van der Waals surface area contributed by atoms with Crippen LogP contribution in [0.15, 0.2) is 48.5 Å². The molecule has 2 aromatic rings. The van der Waals surface area contributed by atoms with Crippen LogP contribution in [0.4, 0.5) is 21.9 Å². The monoisotopic (exact) mass is 367 g/mol. The van der Waals surface area contributed by atoms with Gasteiger partial charge in [0.05, 0.1) is 12.2 Å². The largest absolute Gasteiger partial charge is 0.462 e. The lowest BCUT2D eigenvalue weighted by Crippen LogP contribution is -2.29. The maximum absolute atomic E-state index is 12.2. The van der Waals surface area contributed by atoms with Crippen molar-refractivity contribution in [3.8, 4) is 0 Å². The van der Waals surface area contributed by atoms with Gasteiger partial charge in [-0.15, -0.1) is 0 Å². The molecule has 3 rings (SSSR count). The number of nitrogens with one attached hydrogen (secondary N) is 2. The van der Waals surface area contributed by atoms with Crippen molar-refractivity contribution in [3.63, 3.8) is 0 Å². The predicted octanol–water partition coefficient (Wildman–Crippen LogP) is 4.50. The first-order valence-electron chi connectivity index (χ1n) is 9.36. The Morgan fingerprint density at radius 3 is 2.00 bits per heavy atom. The molecule has 0 radical (unpaired) electrons. The van der Waals surface area contributed by atoms with Gasteiger partial charge >= 0.3 is 12.0 Å². The predicted molar refractivity (Wildman–Crippen MR) is 108 cm³/mol. The molecule has 2 aromatic carbocycles. The lowest BCUT2D eigenvalue weighted by atomic mass is 10.1. The first-order valence-corrected chi connectivity index (χ1v) is 9.36. The number of benzene rings is 2. The maximum atomic E-state index is 12.2. The Labute approximate surface area is 159 Å². The van der Waals surface area contributed by atoms with Gasteiger partial charge in [-0.1, -0.05) is 0 Å². The molecule has 27 heavy (non-hydrogen) atoms. The molecule has 0 aliphatic carbocycles. The number of rotatable bonds is 5. The van der Waals surface area contributed by atoms with Crippen molar-refractivity contribution in [2.24, 2.45) is 0 Å². The van der Waals surface area contributed by atoms with E-state index in [9.17, 15) is 9.59 Å². The lowest BCUT2D eigenvalue weighted by molar-refractivity contribution is 0.0526. The molecule has 0 bridgehead atoms. The molecule has 2 amide bonds. The summed E-state index contributed by atoms with van der Waals surface area (Å²) in [6.45, 7) is 4.28. The van der Waals surface area contributed by atoms with Crippen LogP contribution in [0.3, 0.4) is 0 Å². The van der Waals surface area contributed by atoms with Gasteiger partial charge in [-0.25, -0.2) is 9.59 Å². The SMILES string of the molecule is CCOC(=O)c1ccc(NC(=O)Nc2ccc(N3CCCCC3)cc2)cc1. The third-order valence-corrected chi connectivity index (χ3v) is 4.50. The summed E-state index contributed by atoms with van der Waals surface area (Å²) in [5.41, 5.74) is 2.98. The van der Waals surface area contributed by atoms with Crippen LogP contribution in [0.2, 0.25) is 0 Å². The van der Waals surface area contributed by atoms with Gasteiger partial charge in [0, 0.05) is 30.2 Å². The van der Waals surface area contributed by atoms with E-state index in [0.717, 1.165) is 18.8 Å². The molecule has 6 nitrogen and oxygen atoms in total. The number of urea groups is 1. The molecule has 142 valence electrons. The van der Waals surface area contributed by atoms with Crippen molar-refractivity contribution in [3.05, 3.63) is 54.1 Å². The summed E-state index contributed by atoms with van der Waals surface area (Å²) in [5.74, 6) is -0.373. The molecule has 1 aliphatic rings. The minimum absolute atomic E-state index is 0.329. The van der Waals surface area contributed by atoms with Crippen LogP contribution in [0.25, 0.3) is 0 Å². The second-order valence-corrected chi connectivity index (χ2v) is 6.47. The highest BCUT2D eigenvalue weighted by Crippen LogP contribution is 2.22. The van der Waals surface area contributed by atoms with Crippen LogP contribution in [-0.4, -0.2) is 31.7 Å². The van der Waals surface area contributed by atoms with E-state index in [4.69, 9.17) is 4.74 Å². The molecule has 0 saturated carbocycles. The summed E-state index contributed by atoms with van der Waals surface area (Å²) in [6, 6.07) is 14.2. The number of carbonyl (C=O) groups is 2. The number of anilines is 3. The zero-order valence-electron chi connectivity index (χ0n) is 15.5. The van der Waals surface area contributed by atoms with Gasteiger partial charge in [0.1, 0.15) is 0 Å². The molecular formula is C21H25N3O3. The van der Waals surface area contributed by atoms with Gasteiger partial charge in [0.25, 0.3) is 0 Å². The number of hydrogen-bond donors (Lipinski definition) is 2. The van der Waals surface area contributed by atoms with E-state index in [1.165, 1.54) is 24.9 Å². The quantitative estimate of drug-likeness (QED) is 0.764. The van der Waals surface area contributed by atoms with Gasteiger partial charge in [-0.05, 0) is 74.7 Å². The fraction of sp³-hybridized carbons (Fsp3) is 0.333. The minimum Gasteiger partial charge on any atom is -0.462 e. The van der Waals surface area contributed by atoms with E-state index in [2.05, 4.69) is 15.5 Å². The third kappa shape index (κ3) is 5.23. The Morgan fingerprint density at radius 2 is 1.44 bits per heavy atom. The first kappa shape index (κ1) is 18.8. The Morgan fingerprint density at radius 1 is 0.889 bits per heavy atom. The molecule has 0 atom stereocenters. The number of esters is 1. The lowest BCUT2D eigenvalue weighted by Gasteiger charge is -2.28. The Hall–Kier alpha value is -3.02. The number of carbonyl (C=O) groups excluding carboxylic acids is 2. The average Bonchev–Trinajstić information content (AvgIpc) is 2.70. The number of hydrogen-bond acceptors (Lipinski definition) is 4. The van der Waals surface area contributed by atoms with Crippen molar-refractivity contribution in [1.82, 2.24) is 0 Å². The number of piperidine rings is 1. The zero-order chi connectivity index (χ0) is 19.1. The van der Waals surface area contributed by atoms with Crippen molar-refractivity contribution in [1.29, 1.82) is 0 Å². The van der Waals surface area contributed by atoms with Gasteiger partial charge < -0.3 is 20.3 Å². The molecule has 2 N–H and O–H groups in total. The summed E-state index contributed by atoms with van der Waals surface area (Å²) in [5, 5.41) is 5.57. The fourth-order valence-electron chi connectivity index (χ4n) is 3.11. The van der Waals surface area contributed by atoms with E-state index in [-0.39, 0.29) is 12.0 Å². The van der Waals surface area contributed by atoms with Crippen LogP contribution in [-0.2, 0) is 4.74 Å². The molecule has 1 fully saturated rings. The molecular weight excluding hydrogens is 342 g/mol. The minimum atomic E-state index is -0.373. The van der Waals surface area contributed by atoms with Gasteiger partial charge in [-0.3, -0.25) is 0 Å². The number of nitrogens with zero attached hydrogens (tertiary/aromatic N) is 1. The van der Waals surface area contributed by atoms with Gasteiger partial charge in [0.2, 0.25) is 0 Å². The smallest absolute Gasteiger partial charge is 0.338 e. The Balaban J connectivity index is 1.53. The maximum Gasteiger partial charge on any atom is 0.338 e. The second-order valence-electron chi connectivity index (χ2n) is 6.47. The highest BCUT2D eigenvalue weighted by Gasteiger charge is 2.11. The van der Waals surface area contributed by atoms with E-state index in [1.807, 2.05) is 24.3 Å². The normalized spacial score (nSPS) is 13.7. The van der Waals surface area contributed by atoms with Crippen molar-refractivity contribution in [2.45, 2.75) is 26.2 Å². The highest BCUT2D eigenvalue weighted by atomic mass is 16.5. The summed E-state index contributed by atoms with van der Waals surface area (Å²) in [6.07, 6.45) is 3.77. The molecule has 1 saturated heterocycles. The van der Waals surface area contributed by atoms with Crippen LogP contribution in [0.5, 0.6) is 0 Å². The van der Waals surface area contributed by atoms with Gasteiger partial charge in [-0.2, -0.15) is 0 Å². The van der Waals surface area contributed by atoms with Crippen LogP contribution in [0.1, 0.15) is 36.5 Å². The first-order chi connectivity index (χ1) is 13.2. The zero-order valence-corrected chi connectivity index (χ0v) is 15.5. The molecule has 0 spiro atoms. The van der Waals surface area contributed by atoms with Crippen LogP contribution in [0, 0.1) is 0 Å².